The number of ether oxygens (including phenoxy) is 1. The number of carbonyl (C=O) groups is 1. The highest BCUT2D eigenvalue weighted by atomic mass is 16.5. The van der Waals surface area contributed by atoms with Crippen LogP contribution in [0.4, 0.5) is 5.82 Å². The van der Waals surface area contributed by atoms with Crippen LogP contribution in [0.3, 0.4) is 0 Å². The number of rotatable bonds is 5. The van der Waals surface area contributed by atoms with Gasteiger partial charge in [-0.3, -0.25) is 14.9 Å². The number of aromatic amines is 1. The molecular formula is C24H27N5O2. The van der Waals surface area contributed by atoms with Gasteiger partial charge in [-0.05, 0) is 51.0 Å². The largest absolute Gasteiger partial charge is 0.462 e. The molecule has 0 saturated carbocycles. The van der Waals surface area contributed by atoms with Gasteiger partial charge in [-0.1, -0.05) is 36.4 Å². The van der Waals surface area contributed by atoms with Gasteiger partial charge in [-0.2, -0.15) is 5.10 Å². The van der Waals surface area contributed by atoms with E-state index in [-0.39, 0.29) is 11.6 Å². The average molecular weight is 418 g/mol. The van der Waals surface area contributed by atoms with Crippen LogP contribution >= 0.6 is 0 Å². The molecule has 0 fully saturated rings. The standard InChI is InChI=1S/C19H17N5.C5H10O2/c1-13(14-5-3-2-4-6-14)23-19-12-20-18-9-15(7-8-17(18)24-19)16-10-21-22-11-16;1-5(2,3)7-4-6/h2-13H,1H3,(H,21,22)(H,23,24);4H,1-3H3. The van der Waals surface area contributed by atoms with E-state index in [9.17, 15) is 4.79 Å². The molecule has 2 aromatic heterocycles. The van der Waals surface area contributed by atoms with Crippen molar-refractivity contribution < 1.29 is 9.53 Å². The van der Waals surface area contributed by atoms with Crippen molar-refractivity contribution in [3.8, 4) is 11.1 Å². The van der Waals surface area contributed by atoms with Crippen LogP contribution in [-0.2, 0) is 9.53 Å². The molecule has 2 aromatic carbocycles. The highest BCUT2D eigenvalue weighted by Crippen LogP contribution is 2.23. The summed E-state index contributed by atoms with van der Waals surface area (Å²) in [7, 11) is 0. The van der Waals surface area contributed by atoms with Crippen LogP contribution in [-0.4, -0.2) is 32.2 Å². The Kier molecular flexibility index (Phi) is 6.97. The third-order valence-electron chi connectivity index (χ3n) is 4.44. The molecule has 0 radical (unpaired) electrons. The van der Waals surface area contributed by atoms with E-state index >= 15 is 0 Å². The number of fused-ring (bicyclic) bond motifs is 1. The van der Waals surface area contributed by atoms with E-state index in [0.29, 0.717) is 6.47 Å². The van der Waals surface area contributed by atoms with Gasteiger partial charge < -0.3 is 10.1 Å². The number of hydrogen-bond donors (Lipinski definition) is 2. The van der Waals surface area contributed by atoms with Crippen LogP contribution in [0.2, 0.25) is 0 Å². The Morgan fingerprint density at radius 2 is 1.81 bits per heavy atom. The fourth-order valence-electron chi connectivity index (χ4n) is 2.86. The van der Waals surface area contributed by atoms with Crippen molar-refractivity contribution in [2.24, 2.45) is 0 Å². The molecule has 4 rings (SSSR count). The van der Waals surface area contributed by atoms with Crippen molar-refractivity contribution in [1.29, 1.82) is 0 Å². The van der Waals surface area contributed by atoms with E-state index in [1.54, 1.807) is 12.4 Å². The van der Waals surface area contributed by atoms with Crippen LogP contribution < -0.4 is 5.32 Å². The quantitative estimate of drug-likeness (QED) is 0.436. The summed E-state index contributed by atoms with van der Waals surface area (Å²) in [6, 6.07) is 16.5. The molecule has 0 bridgehead atoms. The van der Waals surface area contributed by atoms with Crippen LogP contribution in [0.15, 0.2) is 67.1 Å². The Bertz CT molecular complexity index is 1110. The van der Waals surface area contributed by atoms with Crippen LogP contribution in [0.1, 0.15) is 39.3 Å². The molecule has 1 atom stereocenters. The maximum Gasteiger partial charge on any atom is 0.293 e. The molecule has 0 spiro atoms. The fraction of sp³-hybridized carbons (Fsp3) is 0.250. The number of carbonyl (C=O) groups excluding carboxylic acids is 1. The third-order valence-corrected chi connectivity index (χ3v) is 4.44. The zero-order valence-electron chi connectivity index (χ0n) is 18.2. The summed E-state index contributed by atoms with van der Waals surface area (Å²) in [5.74, 6) is 0.773. The summed E-state index contributed by atoms with van der Waals surface area (Å²) >= 11 is 0. The molecule has 160 valence electrons. The molecule has 0 aliphatic carbocycles. The van der Waals surface area contributed by atoms with Gasteiger partial charge in [0.25, 0.3) is 6.47 Å². The highest BCUT2D eigenvalue weighted by molar-refractivity contribution is 5.81. The first-order chi connectivity index (χ1) is 14.9. The lowest BCUT2D eigenvalue weighted by Crippen LogP contribution is -2.17. The first-order valence-electron chi connectivity index (χ1n) is 10.0. The minimum Gasteiger partial charge on any atom is -0.462 e. The van der Waals surface area contributed by atoms with Gasteiger partial charge in [0.15, 0.2) is 0 Å². The third kappa shape index (κ3) is 6.37. The van der Waals surface area contributed by atoms with E-state index in [1.807, 2.05) is 63.4 Å². The SMILES string of the molecule is CC(C)(C)OC=O.CC(Nc1cnc2cc(-c3cn[nH]c3)ccc2n1)c1ccccc1. The molecule has 31 heavy (non-hydrogen) atoms. The van der Waals surface area contributed by atoms with E-state index in [4.69, 9.17) is 0 Å². The van der Waals surface area contributed by atoms with Crippen molar-refractivity contribution in [3.63, 3.8) is 0 Å². The molecule has 2 heterocycles. The zero-order chi connectivity index (χ0) is 22.3. The zero-order valence-corrected chi connectivity index (χ0v) is 18.2. The second-order valence-corrected chi connectivity index (χ2v) is 8.05. The van der Waals surface area contributed by atoms with Crippen LogP contribution in [0.25, 0.3) is 22.2 Å². The van der Waals surface area contributed by atoms with Crippen molar-refractivity contribution in [2.75, 3.05) is 5.32 Å². The summed E-state index contributed by atoms with van der Waals surface area (Å²) in [6.45, 7) is 8.04. The monoisotopic (exact) mass is 417 g/mol. The topological polar surface area (TPSA) is 92.8 Å². The lowest BCUT2D eigenvalue weighted by molar-refractivity contribution is -0.138. The van der Waals surface area contributed by atoms with Gasteiger partial charge in [0.1, 0.15) is 11.4 Å². The van der Waals surface area contributed by atoms with Gasteiger partial charge in [0.2, 0.25) is 0 Å². The highest BCUT2D eigenvalue weighted by Gasteiger charge is 2.08. The second kappa shape index (κ2) is 9.84. The summed E-state index contributed by atoms with van der Waals surface area (Å²) in [4.78, 5) is 18.8. The Morgan fingerprint density at radius 1 is 1.03 bits per heavy atom. The second-order valence-electron chi connectivity index (χ2n) is 8.05. The average Bonchev–Trinajstić information content (AvgIpc) is 3.28. The lowest BCUT2D eigenvalue weighted by Gasteiger charge is -2.15. The minimum absolute atomic E-state index is 0.170. The van der Waals surface area contributed by atoms with Crippen molar-refractivity contribution in [3.05, 3.63) is 72.7 Å². The van der Waals surface area contributed by atoms with E-state index in [1.165, 1.54) is 5.56 Å². The summed E-state index contributed by atoms with van der Waals surface area (Å²) < 4.78 is 4.55. The maximum absolute atomic E-state index is 9.60. The molecule has 7 nitrogen and oxygen atoms in total. The lowest BCUT2D eigenvalue weighted by atomic mass is 10.1. The number of anilines is 1. The first-order valence-corrected chi connectivity index (χ1v) is 10.0. The van der Waals surface area contributed by atoms with Crippen molar-refractivity contribution in [1.82, 2.24) is 20.2 Å². The Balaban J connectivity index is 0.000000339. The molecule has 0 aliphatic heterocycles. The van der Waals surface area contributed by atoms with Gasteiger partial charge in [-0.15, -0.1) is 0 Å². The van der Waals surface area contributed by atoms with Crippen molar-refractivity contribution in [2.45, 2.75) is 39.3 Å². The Hall–Kier alpha value is -3.74. The number of H-pyrrole nitrogens is 1. The molecule has 0 amide bonds. The Morgan fingerprint density at radius 3 is 2.42 bits per heavy atom. The number of hydrogen-bond acceptors (Lipinski definition) is 6. The molecular weight excluding hydrogens is 390 g/mol. The number of nitrogens with zero attached hydrogens (tertiary/aromatic N) is 3. The summed E-state index contributed by atoms with van der Waals surface area (Å²) in [5, 5.41) is 10.2. The minimum atomic E-state index is -0.318. The van der Waals surface area contributed by atoms with E-state index in [0.717, 1.165) is 28.0 Å². The fourth-order valence-corrected chi connectivity index (χ4v) is 2.86. The van der Waals surface area contributed by atoms with Crippen LogP contribution in [0, 0.1) is 0 Å². The number of aromatic nitrogens is 4. The van der Waals surface area contributed by atoms with Crippen molar-refractivity contribution >= 4 is 23.3 Å². The first kappa shape index (κ1) is 22.0. The van der Waals surface area contributed by atoms with Gasteiger partial charge in [0.05, 0.1) is 23.4 Å². The molecule has 0 saturated heterocycles. The van der Waals surface area contributed by atoms with Gasteiger partial charge in [0, 0.05) is 17.8 Å². The normalized spacial score (nSPS) is 11.9. The van der Waals surface area contributed by atoms with Crippen LogP contribution in [0.5, 0.6) is 0 Å². The van der Waals surface area contributed by atoms with Gasteiger partial charge >= 0.3 is 0 Å². The predicted octanol–water partition coefficient (Wildman–Crippen LogP) is 5.15. The summed E-state index contributed by atoms with van der Waals surface area (Å²) in [6.07, 6.45) is 5.44. The molecule has 4 aromatic rings. The molecule has 0 aliphatic rings. The van der Waals surface area contributed by atoms with E-state index < -0.39 is 0 Å². The smallest absolute Gasteiger partial charge is 0.293 e. The Labute approximate surface area is 181 Å². The molecule has 7 heteroatoms. The predicted molar refractivity (Wildman–Crippen MR) is 123 cm³/mol. The maximum atomic E-state index is 9.60. The van der Waals surface area contributed by atoms with E-state index in [2.05, 4.69) is 49.3 Å². The van der Waals surface area contributed by atoms with Gasteiger partial charge in [-0.25, -0.2) is 4.98 Å². The molecule has 2 N–H and O–H groups in total. The number of benzene rings is 2. The summed E-state index contributed by atoms with van der Waals surface area (Å²) in [5.41, 5.74) is 4.75. The molecule has 1 unspecified atom stereocenters. The number of nitrogens with one attached hydrogen (secondary N) is 2.